The van der Waals surface area contributed by atoms with Gasteiger partial charge in [0.15, 0.2) is 0 Å². The third-order valence-corrected chi connectivity index (χ3v) is 4.94. The molecule has 2 N–H and O–H groups in total. The van der Waals surface area contributed by atoms with Gasteiger partial charge in [-0.05, 0) is 47.5 Å². The number of nitriles is 1. The van der Waals surface area contributed by atoms with Crippen LogP contribution in [0.3, 0.4) is 0 Å². The van der Waals surface area contributed by atoms with Gasteiger partial charge in [0.05, 0.1) is 18.7 Å². The zero-order valence-corrected chi connectivity index (χ0v) is 18.7. The summed E-state index contributed by atoms with van der Waals surface area (Å²) in [6.07, 6.45) is 1.66. The number of nitrogens with zero attached hydrogens (tertiary/aromatic N) is 2. The van der Waals surface area contributed by atoms with E-state index in [1.54, 1.807) is 66.7 Å². The van der Waals surface area contributed by atoms with E-state index in [9.17, 15) is 9.59 Å². The first-order valence-electron chi connectivity index (χ1n) is 9.71. The van der Waals surface area contributed by atoms with Crippen molar-refractivity contribution in [3.63, 3.8) is 0 Å². The zero-order chi connectivity index (χ0) is 23.6. The number of benzene rings is 3. The van der Waals surface area contributed by atoms with Crippen molar-refractivity contribution >= 4 is 46.9 Å². The Balaban J connectivity index is 1.51. The minimum Gasteiger partial charge on any atom is -0.489 e. The van der Waals surface area contributed by atoms with Crippen LogP contribution in [0.4, 0.5) is 5.69 Å². The van der Waals surface area contributed by atoms with E-state index in [1.807, 2.05) is 6.07 Å². The Morgan fingerprint density at radius 2 is 1.82 bits per heavy atom. The summed E-state index contributed by atoms with van der Waals surface area (Å²) in [4.78, 5) is 24.0. The molecule has 2 amide bonds. The lowest BCUT2D eigenvalue weighted by Gasteiger charge is -2.08. The molecule has 3 aromatic rings. The predicted octanol–water partition coefficient (Wildman–Crippen LogP) is 4.73. The fourth-order valence-electron chi connectivity index (χ4n) is 2.69. The molecule has 33 heavy (non-hydrogen) atoms. The molecule has 166 valence electrons. The molecule has 0 saturated heterocycles. The first-order chi connectivity index (χ1) is 15.9. The van der Waals surface area contributed by atoms with Crippen LogP contribution in [0.1, 0.15) is 16.7 Å². The van der Waals surface area contributed by atoms with Crippen LogP contribution in [-0.2, 0) is 22.6 Å². The number of anilines is 1. The van der Waals surface area contributed by atoms with E-state index in [0.29, 0.717) is 27.0 Å². The number of halogens is 2. The van der Waals surface area contributed by atoms with Crippen LogP contribution < -0.4 is 15.5 Å². The maximum atomic E-state index is 12.0. The topological polar surface area (TPSA) is 104 Å². The van der Waals surface area contributed by atoms with Crippen LogP contribution >= 0.6 is 23.2 Å². The molecule has 0 aliphatic heterocycles. The monoisotopic (exact) mass is 480 g/mol. The molecule has 0 aliphatic rings. The van der Waals surface area contributed by atoms with Crippen molar-refractivity contribution in [2.24, 2.45) is 5.10 Å². The van der Waals surface area contributed by atoms with Gasteiger partial charge in [-0.15, -0.1) is 0 Å². The minimum atomic E-state index is -0.919. The van der Waals surface area contributed by atoms with E-state index in [1.165, 1.54) is 6.21 Å². The molecule has 9 heteroatoms. The lowest BCUT2D eigenvalue weighted by Crippen LogP contribution is -2.32. The molecule has 0 atom stereocenters. The highest BCUT2D eigenvalue weighted by atomic mass is 35.5. The molecule has 3 rings (SSSR count). The fourth-order valence-corrected chi connectivity index (χ4v) is 3.15. The first kappa shape index (κ1) is 23.8. The molecule has 0 radical (unpaired) electrons. The largest absolute Gasteiger partial charge is 0.489 e. The summed E-state index contributed by atoms with van der Waals surface area (Å²) in [5.41, 5.74) is 4.87. The predicted molar refractivity (Wildman–Crippen MR) is 127 cm³/mol. The Morgan fingerprint density at radius 1 is 1.03 bits per heavy atom. The Bertz CT molecular complexity index is 1220. The average molecular weight is 481 g/mol. The van der Waals surface area contributed by atoms with Gasteiger partial charge in [-0.1, -0.05) is 53.5 Å². The lowest BCUT2D eigenvalue weighted by molar-refractivity contribution is -0.136. The summed E-state index contributed by atoms with van der Waals surface area (Å²) >= 11 is 12.0. The third kappa shape index (κ3) is 7.35. The Labute approximate surface area is 200 Å². The quantitative estimate of drug-likeness (QED) is 0.289. The van der Waals surface area contributed by atoms with E-state index in [2.05, 4.69) is 15.8 Å². The molecule has 0 saturated carbocycles. The summed E-state index contributed by atoms with van der Waals surface area (Å²) in [6.45, 7) is 0.255. The highest BCUT2D eigenvalue weighted by Gasteiger charge is 2.12. The second-order valence-electron chi connectivity index (χ2n) is 6.78. The van der Waals surface area contributed by atoms with Crippen LogP contribution in [0.25, 0.3) is 0 Å². The number of nitrogens with one attached hydrogen (secondary N) is 2. The summed E-state index contributed by atoms with van der Waals surface area (Å²) in [7, 11) is 0. The number of carbonyl (C=O) groups excluding carboxylic acids is 2. The van der Waals surface area contributed by atoms with Crippen molar-refractivity contribution in [2.45, 2.75) is 13.0 Å². The van der Waals surface area contributed by atoms with Crippen LogP contribution in [-0.4, -0.2) is 18.0 Å². The summed E-state index contributed by atoms with van der Waals surface area (Å²) in [5.74, 6) is -1.21. The van der Waals surface area contributed by atoms with Gasteiger partial charge in [0.25, 0.3) is 0 Å². The molecule has 3 aromatic carbocycles. The Hall–Kier alpha value is -3.86. The van der Waals surface area contributed by atoms with Crippen molar-refractivity contribution in [3.05, 3.63) is 93.5 Å². The van der Waals surface area contributed by atoms with Crippen LogP contribution in [0.15, 0.2) is 71.8 Å². The summed E-state index contributed by atoms with van der Waals surface area (Å²) < 4.78 is 5.75. The number of amides is 2. The molecule has 0 aromatic heterocycles. The van der Waals surface area contributed by atoms with Gasteiger partial charge in [-0.3, -0.25) is 9.59 Å². The van der Waals surface area contributed by atoms with E-state index in [-0.39, 0.29) is 13.0 Å². The van der Waals surface area contributed by atoms with Crippen molar-refractivity contribution in [1.82, 2.24) is 5.43 Å². The van der Waals surface area contributed by atoms with Crippen LogP contribution in [0.5, 0.6) is 5.75 Å². The smallest absolute Gasteiger partial charge is 0.329 e. The molecular formula is C24H18Cl2N4O3. The SMILES string of the molecule is N#CCc1ccc(NC(=O)C(=O)N/N=C/c2cccc(OCc3ccc(Cl)cc3Cl)c2)cc1. The molecular weight excluding hydrogens is 463 g/mol. The zero-order valence-electron chi connectivity index (χ0n) is 17.2. The van der Waals surface area contributed by atoms with Gasteiger partial charge < -0.3 is 10.1 Å². The number of hydrogen-bond acceptors (Lipinski definition) is 5. The highest BCUT2D eigenvalue weighted by molar-refractivity contribution is 6.39. The lowest BCUT2D eigenvalue weighted by atomic mass is 10.1. The third-order valence-electron chi connectivity index (χ3n) is 4.35. The van der Waals surface area contributed by atoms with Crippen molar-refractivity contribution in [3.8, 4) is 11.8 Å². The first-order valence-corrected chi connectivity index (χ1v) is 10.5. The van der Waals surface area contributed by atoms with Crippen molar-refractivity contribution in [2.75, 3.05) is 5.32 Å². The Morgan fingerprint density at radius 3 is 2.55 bits per heavy atom. The normalized spacial score (nSPS) is 10.5. The summed E-state index contributed by atoms with van der Waals surface area (Å²) in [5, 5.41) is 16.0. The highest BCUT2D eigenvalue weighted by Crippen LogP contribution is 2.23. The average Bonchev–Trinajstić information content (AvgIpc) is 2.80. The Kier molecular flexibility index (Phi) is 8.42. The van der Waals surface area contributed by atoms with E-state index in [0.717, 1.165) is 11.1 Å². The fraction of sp³-hybridized carbons (Fsp3) is 0.0833. The van der Waals surface area contributed by atoms with Gasteiger partial charge in [0, 0.05) is 21.3 Å². The summed E-state index contributed by atoms with van der Waals surface area (Å²) in [6, 6.07) is 20.9. The standard InChI is InChI=1S/C24H18Cl2N4O3/c25-19-7-6-18(22(26)13-19)15-33-21-3-1-2-17(12-21)14-28-30-24(32)23(31)29-20-8-4-16(5-9-20)10-11-27/h1-9,12-14H,10,15H2,(H,29,31)(H,30,32)/b28-14+. The number of ether oxygens (including phenoxy) is 1. The number of hydrazone groups is 1. The van der Waals surface area contributed by atoms with Crippen LogP contribution in [0, 0.1) is 11.3 Å². The van der Waals surface area contributed by atoms with Gasteiger partial charge in [0.1, 0.15) is 12.4 Å². The maximum absolute atomic E-state index is 12.0. The molecule has 0 heterocycles. The number of hydrogen-bond donors (Lipinski definition) is 2. The number of rotatable bonds is 7. The van der Waals surface area contributed by atoms with Gasteiger partial charge in [-0.25, -0.2) is 5.43 Å². The second-order valence-corrected chi connectivity index (χ2v) is 7.63. The van der Waals surface area contributed by atoms with Crippen molar-refractivity contribution in [1.29, 1.82) is 5.26 Å². The van der Waals surface area contributed by atoms with E-state index < -0.39 is 11.8 Å². The molecule has 0 unspecified atom stereocenters. The van der Waals surface area contributed by atoms with Crippen LogP contribution in [0.2, 0.25) is 10.0 Å². The minimum absolute atomic E-state index is 0.255. The maximum Gasteiger partial charge on any atom is 0.329 e. The van der Waals surface area contributed by atoms with Crippen molar-refractivity contribution < 1.29 is 14.3 Å². The second kappa shape index (κ2) is 11.7. The van der Waals surface area contributed by atoms with Gasteiger partial charge >= 0.3 is 11.8 Å². The molecule has 0 bridgehead atoms. The van der Waals surface area contributed by atoms with E-state index in [4.69, 9.17) is 33.2 Å². The molecule has 0 spiro atoms. The molecule has 7 nitrogen and oxygen atoms in total. The van der Waals surface area contributed by atoms with Gasteiger partial charge in [0.2, 0.25) is 0 Å². The van der Waals surface area contributed by atoms with E-state index >= 15 is 0 Å². The van der Waals surface area contributed by atoms with Gasteiger partial charge in [-0.2, -0.15) is 10.4 Å². The molecule has 0 fully saturated rings. The number of carbonyl (C=O) groups is 2. The molecule has 0 aliphatic carbocycles.